The van der Waals surface area contributed by atoms with Crippen LogP contribution in [0.2, 0.25) is 0 Å². The molecule has 0 radical (unpaired) electrons. The molecule has 0 aliphatic heterocycles. The highest BCUT2D eigenvalue weighted by Gasteiger charge is 2.20. The summed E-state index contributed by atoms with van der Waals surface area (Å²) in [5, 5.41) is 12.1. The molecule has 0 amide bonds. The largest absolute Gasteiger partial charge is 0.385 e. The third-order valence-corrected chi connectivity index (χ3v) is 3.88. The van der Waals surface area contributed by atoms with Gasteiger partial charge in [0.1, 0.15) is 5.82 Å². The van der Waals surface area contributed by atoms with Crippen LogP contribution in [-0.4, -0.2) is 6.54 Å². The van der Waals surface area contributed by atoms with Gasteiger partial charge in [-0.15, -0.1) is 0 Å². The van der Waals surface area contributed by atoms with E-state index >= 15 is 0 Å². The second-order valence-corrected chi connectivity index (χ2v) is 5.24. The van der Waals surface area contributed by atoms with E-state index in [1.54, 1.807) is 6.07 Å². The molecule has 96 valence electrons. The van der Waals surface area contributed by atoms with E-state index < -0.39 is 0 Å². The van der Waals surface area contributed by atoms with Gasteiger partial charge in [0.2, 0.25) is 0 Å². The zero-order chi connectivity index (χ0) is 13.0. The predicted octanol–water partition coefficient (Wildman–Crippen LogP) is 3.94. The first-order valence-corrected chi connectivity index (χ1v) is 6.63. The number of anilines is 1. The molecule has 1 aromatic rings. The van der Waals surface area contributed by atoms with Gasteiger partial charge in [0.05, 0.1) is 11.6 Å². The number of hydrogen-bond acceptors (Lipinski definition) is 2. The summed E-state index contributed by atoms with van der Waals surface area (Å²) in [6.07, 6.45) is 5.16. The summed E-state index contributed by atoms with van der Waals surface area (Å²) in [4.78, 5) is 0. The van der Waals surface area contributed by atoms with Gasteiger partial charge >= 0.3 is 0 Å². The molecule has 0 heterocycles. The van der Waals surface area contributed by atoms with Crippen molar-refractivity contribution in [3.8, 4) is 6.07 Å². The smallest absolute Gasteiger partial charge is 0.126 e. The van der Waals surface area contributed by atoms with E-state index in [0.29, 0.717) is 17.2 Å². The van der Waals surface area contributed by atoms with Crippen molar-refractivity contribution in [2.75, 3.05) is 11.9 Å². The molecule has 1 aliphatic rings. The van der Waals surface area contributed by atoms with Gasteiger partial charge in [0, 0.05) is 12.2 Å². The summed E-state index contributed by atoms with van der Waals surface area (Å²) in [5.74, 6) is 1.04. The maximum Gasteiger partial charge on any atom is 0.126 e. The van der Waals surface area contributed by atoms with Crippen molar-refractivity contribution in [1.82, 2.24) is 0 Å². The molecule has 1 aliphatic carbocycles. The molecule has 0 bridgehead atoms. The van der Waals surface area contributed by atoms with Crippen molar-refractivity contribution < 1.29 is 4.39 Å². The van der Waals surface area contributed by atoms with Gasteiger partial charge in [-0.2, -0.15) is 5.26 Å². The molecule has 2 nitrogen and oxygen atoms in total. The average molecular weight is 246 g/mol. The molecule has 2 unspecified atom stereocenters. The van der Waals surface area contributed by atoms with Crippen molar-refractivity contribution in [3.63, 3.8) is 0 Å². The normalized spacial score (nSPS) is 23.4. The van der Waals surface area contributed by atoms with E-state index in [2.05, 4.69) is 12.2 Å². The number of halogens is 1. The number of nitriles is 1. The van der Waals surface area contributed by atoms with Crippen molar-refractivity contribution in [2.45, 2.75) is 32.6 Å². The molecule has 0 aromatic heterocycles. The van der Waals surface area contributed by atoms with Crippen molar-refractivity contribution in [2.24, 2.45) is 11.8 Å². The Morgan fingerprint density at radius 2 is 2.11 bits per heavy atom. The van der Waals surface area contributed by atoms with E-state index in [4.69, 9.17) is 5.26 Å². The van der Waals surface area contributed by atoms with Crippen LogP contribution in [0.3, 0.4) is 0 Å². The Hall–Kier alpha value is -1.56. The van der Waals surface area contributed by atoms with Crippen molar-refractivity contribution >= 4 is 5.69 Å². The summed E-state index contributed by atoms with van der Waals surface area (Å²) >= 11 is 0. The molecule has 18 heavy (non-hydrogen) atoms. The Labute approximate surface area is 108 Å². The van der Waals surface area contributed by atoms with Gasteiger partial charge in [-0.3, -0.25) is 0 Å². The van der Waals surface area contributed by atoms with Crippen LogP contribution in [0.1, 0.15) is 38.2 Å². The summed E-state index contributed by atoms with van der Waals surface area (Å²) in [5.41, 5.74) is 1.08. The molecule has 2 rings (SSSR count). The van der Waals surface area contributed by atoms with Crippen LogP contribution in [-0.2, 0) is 0 Å². The SMILES string of the molecule is CC1CCCCC1CNc1cc(F)cc(C#N)c1. The van der Waals surface area contributed by atoms with Crippen LogP contribution in [0.4, 0.5) is 10.1 Å². The fourth-order valence-electron chi connectivity index (χ4n) is 2.70. The van der Waals surface area contributed by atoms with Gasteiger partial charge in [-0.05, 0) is 36.5 Å². The first-order valence-electron chi connectivity index (χ1n) is 6.63. The fraction of sp³-hybridized carbons (Fsp3) is 0.533. The van der Waals surface area contributed by atoms with Gasteiger partial charge in [-0.25, -0.2) is 4.39 Å². The molecule has 1 fully saturated rings. The minimum absolute atomic E-state index is 0.353. The molecule has 0 saturated heterocycles. The first kappa shape index (κ1) is 12.9. The zero-order valence-electron chi connectivity index (χ0n) is 10.7. The lowest BCUT2D eigenvalue weighted by molar-refractivity contribution is 0.268. The summed E-state index contributed by atoms with van der Waals surface area (Å²) in [6, 6.07) is 6.39. The molecule has 1 saturated carbocycles. The van der Waals surface area contributed by atoms with Crippen molar-refractivity contribution in [3.05, 3.63) is 29.6 Å². The maximum absolute atomic E-state index is 13.3. The third kappa shape index (κ3) is 3.22. The van der Waals surface area contributed by atoms with E-state index in [1.807, 2.05) is 6.07 Å². The van der Waals surface area contributed by atoms with Crippen LogP contribution < -0.4 is 5.32 Å². The maximum atomic E-state index is 13.3. The molecule has 2 atom stereocenters. The summed E-state index contributed by atoms with van der Waals surface area (Å²) in [7, 11) is 0. The number of hydrogen-bond donors (Lipinski definition) is 1. The van der Waals surface area contributed by atoms with Crippen LogP contribution in [0.25, 0.3) is 0 Å². The second kappa shape index (κ2) is 5.86. The quantitative estimate of drug-likeness (QED) is 0.877. The highest BCUT2D eigenvalue weighted by Crippen LogP contribution is 2.29. The van der Waals surface area contributed by atoms with Crippen LogP contribution in [0.5, 0.6) is 0 Å². The monoisotopic (exact) mass is 246 g/mol. The van der Waals surface area contributed by atoms with Crippen molar-refractivity contribution in [1.29, 1.82) is 5.26 Å². The third-order valence-electron chi connectivity index (χ3n) is 3.88. The van der Waals surface area contributed by atoms with Crippen LogP contribution >= 0.6 is 0 Å². The predicted molar refractivity (Wildman–Crippen MR) is 70.7 cm³/mol. The van der Waals surface area contributed by atoms with Gasteiger partial charge in [-0.1, -0.05) is 26.2 Å². The Bertz CT molecular complexity index is 450. The highest BCUT2D eigenvalue weighted by molar-refractivity contribution is 5.49. The Kier molecular flexibility index (Phi) is 4.19. The lowest BCUT2D eigenvalue weighted by atomic mass is 9.80. The van der Waals surface area contributed by atoms with Crippen LogP contribution in [0.15, 0.2) is 18.2 Å². The number of nitrogens with one attached hydrogen (secondary N) is 1. The minimum atomic E-state index is -0.353. The molecule has 0 spiro atoms. The average Bonchev–Trinajstić information content (AvgIpc) is 2.37. The lowest BCUT2D eigenvalue weighted by Gasteiger charge is -2.29. The second-order valence-electron chi connectivity index (χ2n) is 5.24. The first-order chi connectivity index (χ1) is 8.69. The Morgan fingerprint density at radius 1 is 1.33 bits per heavy atom. The molecular formula is C15H19FN2. The van der Waals surface area contributed by atoms with E-state index in [0.717, 1.165) is 12.5 Å². The summed E-state index contributed by atoms with van der Waals surface area (Å²) in [6.45, 7) is 3.16. The van der Waals surface area contributed by atoms with Gasteiger partial charge in [0.15, 0.2) is 0 Å². The minimum Gasteiger partial charge on any atom is -0.385 e. The molecule has 3 heteroatoms. The fourth-order valence-corrected chi connectivity index (χ4v) is 2.70. The Balaban J connectivity index is 1.97. The zero-order valence-corrected chi connectivity index (χ0v) is 10.7. The number of nitrogens with zero attached hydrogens (tertiary/aromatic N) is 1. The highest BCUT2D eigenvalue weighted by atomic mass is 19.1. The molecule has 1 aromatic carbocycles. The Morgan fingerprint density at radius 3 is 2.83 bits per heavy atom. The molecule has 1 N–H and O–H groups in total. The lowest BCUT2D eigenvalue weighted by Crippen LogP contribution is -2.24. The topological polar surface area (TPSA) is 35.8 Å². The van der Waals surface area contributed by atoms with Gasteiger partial charge < -0.3 is 5.32 Å². The van der Waals surface area contributed by atoms with E-state index in [9.17, 15) is 4.39 Å². The van der Waals surface area contributed by atoms with Crippen LogP contribution in [0, 0.1) is 29.0 Å². The van der Waals surface area contributed by atoms with Gasteiger partial charge in [0.25, 0.3) is 0 Å². The summed E-state index contributed by atoms with van der Waals surface area (Å²) < 4.78 is 13.3. The number of benzene rings is 1. The van der Waals surface area contributed by atoms with E-state index in [1.165, 1.54) is 37.8 Å². The standard InChI is InChI=1S/C15H19FN2/c1-11-4-2-3-5-13(11)10-18-15-7-12(9-17)6-14(16)8-15/h6-8,11,13,18H,2-5,10H2,1H3. The molecular weight excluding hydrogens is 227 g/mol. The number of rotatable bonds is 3. The van der Waals surface area contributed by atoms with E-state index in [-0.39, 0.29) is 5.82 Å².